The van der Waals surface area contributed by atoms with E-state index < -0.39 is 36.7 Å². The number of nitrogens with one attached hydrogen (secondary N) is 2. The highest BCUT2D eigenvalue weighted by molar-refractivity contribution is 6.12. The third-order valence-corrected chi connectivity index (χ3v) is 5.62. The molecule has 4 N–H and O–H groups in total. The van der Waals surface area contributed by atoms with E-state index in [0.29, 0.717) is 25.1 Å². The molecule has 1 atom stereocenters. The van der Waals surface area contributed by atoms with Crippen LogP contribution in [0.2, 0.25) is 0 Å². The zero-order chi connectivity index (χ0) is 25.2. The maximum absolute atomic E-state index is 13.4. The average Bonchev–Trinajstić information content (AvgIpc) is 3.12. The van der Waals surface area contributed by atoms with Crippen molar-refractivity contribution in [2.75, 3.05) is 36.0 Å². The second-order valence-corrected chi connectivity index (χ2v) is 8.32. The van der Waals surface area contributed by atoms with Gasteiger partial charge in [0.1, 0.15) is 5.56 Å². The summed E-state index contributed by atoms with van der Waals surface area (Å²) in [6, 6.07) is 0. The van der Waals surface area contributed by atoms with E-state index in [1.54, 1.807) is 0 Å². The summed E-state index contributed by atoms with van der Waals surface area (Å²) in [5.41, 5.74) is 6.60. The molecule has 14 heteroatoms. The number of aromatic nitrogens is 5. The van der Waals surface area contributed by atoms with E-state index >= 15 is 0 Å². The molecule has 1 fully saturated rings. The Morgan fingerprint density at radius 3 is 2.57 bits per heavy atom. The predicted octanol–water partition coefficient (Wildman–Crippen LogP) is 2.19. The minimum absolute atomic E-state index is 0.0345. The Balaban J connectivity index is 1.42. The molecule has 0 radical (unpaired) electrons. The molecule has 0 bridgehead atoms. The van der Waals surface area contributed by atoms with E-state index in [1.807, 2.05) is 6.92 Å². The van der Waals surface area contributed by atoms with Gasteiger partial charge in [0.05, 0.1) is 49.3 Å². The van der Waals surface area contributed by atoms with Crippen LogP contribution in [0.15, 0.2) is 24.8 Å². The van der Waals surface area contributed by atoms with Gasteiger partial charge in [0.2, 0.25) is 5.91 Å². The van der Waals surface area contributed by atoms with Crippen LogP contribution in [0.4, 0.5) is 30.4 Å². The highest BCUT2D eigenvalue weighted by Gasteiger charge is 2.47. The monoisotopic (exact) mass is 491 g/mol. The van der Waals surface area contributed by atoms with Crippen molar-refractivity contribution < 1.29 is 22.8 Å². The zero-order valence-electron chi connectivity index (χ0n) is 18.8. The van der Waals surface area contributed by atoms with Crippen molar-refractivity contribution >= 4 is 34.7 Å². The molecule has 1 aliphatic heterocycles. The summed E-state index contributed by atoms with van der Waals surface area (Å²) >= 11 is 0. The number of rotatable bonds is 9. The van der Waals surface area contributed by atoms with Crippen molar-refractivity contribution in [1.82, 2.24) is 29.7 Å². The van der Waals surface area contributed by atoms with Gasteiger partial charge in [0.15, 0.2) is 17.3 Å². The van der Waals surface area contributed by atoms with Crippen LogP contribution in [0.25, 0.3) is 5.65 Å². The Hall–Kier alpha value is -3.97. The number of nitrogens with zero attached hydrogens (tertiary/aromatic N) is 6. The maximum Gasteiger partial charge on any atom is 0.282 e. The fourth-order valence-electron chi connectivity index (χ4n) is 3.94. The van der Waals surface area contributed by atoms with Gasteiger partial charge in [-0.25, -0.2) is 22.7 Å². The van der Waals surface area contributed by atoms with Gasteiger partial charge in [-0.2, -0.15) is 10.2 Å². The molecule has 0 saturated carbocycles. The van der Waals surface area contributed by atoms with Gasteiger partial charge in [-0.3, -0.25) is 9.59 Å². The molecular formula is C21H24F3N9O2. The van der Waals surface area contributed by atoms with Crippen molar-refractivity contribution in [3.05, 3.63) is 36.2 Å². The number of nitrogens with two attached hydrogens (primary N) is 1. The summed E-state index contributed by atoms with van der Waals surface area (Å²) in [5, 5.41) is 17.3. The Kier molecular flexibility index (Phi) is 6.71. The number of amides is 2. The van der Waals surface area contributed by atoms with Gasteiger partial charge in [0.25, 0.3) is 11.8 Å². The molecule has 1 aliphatic rings. The van der Waals surface area contributed by atoms with Gasteiger partial charge >= 0.3 is 0 Å². The molecule has 0 aromatic carbocycles. The summed E-state index contributed by atoms with van der Waals surface area (Å²) in [6.45, 7) is 1.17. The lowest BCUT2D eigenvalue weighted by molar-refractivity contribution is -0.169. The van der Waals surface area contributed by atoms with Crippen LogP contribution in [0.5, 0.6) is 0 Å². The van der Waals surface area contributed by atoms with Gasteiger partial charge in [0, 0.05) is 12.5 Å². The molecule has 2 amide bonds. The second kappa shape index (κ2) is 9.72. The second-order valence-electron chi connectivity index (χ2n) is 8.32. The number of hydrogen-bond acceptors (Lipinski definition) is 8. The lowest BCUT2D eigenvalue weighted by atomic mass is 9.96. The standard InChI is InChI=1S/C21H24F3N9O2/c1-2-3-12(20(35)32-10-21(23,24)11-32)4-5-26-14-7-28-29-8-15(14)30-19(34)16-17(25)31-33-9-13(22)6-27-18(16)33/h6-9,12H,2-5,10-11H2,1H3,(H2,25,31)(H,26,29)(H,28,30,34). The number of fused-ring (bicyclic) bond motifs is 1. The van der Waals surface area contributed by atoms with Crippen molar-refractivity contribution in [2.24, 2.45) is 5.92 Å². The number of nitrogen functional groups attached to an aromatic ring is 1. The van der Waals surface area contributed by atoms with Crippen molar-refractivity contribution in [3.8, 4) is 0 Å². The normalized spacial score (nSPS) is 15.5. The fourth-order valence-corrected chi connectivity index (χ4v) is 3.94. The Morgan fingerprint density at radius 1 is 1.17 bits per heavy atom. The first kappa shape index (κ1) is 24.2. The molecule has 3 aromatic heterocycles. The Morgan fingerprint density at radius 2 is 1.89 bits per heavy atom. The van der Waals surface area contributed by atoms with E-state index in [-0.39, 0.29) is 28.6 Å². The number of carbonyl (C=O) groups excluding carboxylic acids is 2. The minimum Gasteiger partial charge on any atom is -0.382 e. The van der Waals surface area contributed by atoms with Crippen molar-refractivity contribution in [2.45, 2.75) is 32.1 Å². The number of likely N-dealkylation sites (tertiary alicyclic amines) is 1. The topological polar surface area (TPSA) is 143 Å². The molecule has 4 rings (SSSR count). The van der Waals surface area contributed by atoms with Crippen LogP contribution in [-0.2, 0) is 4.79 Å². The van der Waals surface area contributed by atoms with Gasteiger partial charge in [-0.15, -0.1) is 5.10 Å². The van der Waals surface area contributed by atoms with E-state index in [9.17, 15) is 22.8 Å². The molecule has 186 valence electrons. The first-order valence-corrected chi connectivity index (χ1v) is 11.0. The van der Waals surface area contributed by atoms with Crippen LogP contribution in [0.3, 0.4) is 0 Å². The molecule has 0 aliphatic carbocycles. The number of anilines is 3. The maximum atomic E-state index is 13.4. The van der Waals surface area contributed by atoms with Gasteiger partial charge in [-0.05, 0) is 12.8 Å². The quantitative estimate of drug-likeness (QED) is 0.413. The third-order valence-electron chi connectivity index (χ3n) is 5.62. The number of hydrogen-bond donors (Lipinski definition) is 3. The molecular weight excluding hydrogens is 467 g/mol. The fraction of sp³-hybridized carbons (Fsp3) is 0.429. The van der Waals surface area contributed by atoms with Crippen LogP contribution in [0, 0.1) is 11.7 Å². The van der Waals surface area contributed by atoms with Crippen LogP contribution < -0.4 is 16.4 Å². The molecule has 3 aromatic rings. The highest BCUT2D eigenvalue weighted by atomic mass is 19.3. The van der Waals surface area contributed by atoms with Crippen molar-refractivity contribution in [3.63, 3.8) is 0 Å². The predicted molar refractivity (Wildman–Crippen MR) is 120 cm³/mol. The van der Waals surface area contributed by atoms with Gasteiger partial charge < -0.3 is 21.3 Å². The molecule has 11 nitrogen and oxygen atoms in total. The summed E-state index contributed by atoms with van der Waals surface area (Å²) in [6.07, 6.45) is 6.43. The summed E-state index contributed by atoms with van der Waals surface area (Å²) in [5.74, 6) is -4.90. The Labute approximate surface area is 197 Å². The highest BCUT2D eigenvalue weighted by Crippen LogP contribution is 2.30. The lowest BCUT2D eigenvalue weighted by Gasteiger charge is -2.40. The first-order valence-electron chi connectivity index (χ1n) is 11.0. The number of alkyl halides is 2. The van der Waals surface area contributed by atoms with Crippen molar-refractivity contribution in [1.29, 1.82) is 0 Å². The third kappa shape index (κ3) is 5.25. The number of carbonyl (C=O) groups is 2. The van der Waals surface area contributed by atoms with Crippen LogP contribution >= 0.6 is 0 Å². The summed E-state index contributed by atoms with van der Waals surface area (Å²) in [4.78, 5) is 30.6. The largest absolute Gasteiger partial charge is 0.382 e. The average molecular weight is 491 g/mol. The lowest BCUT2D eigenvalue weighted by Crippen LogP contribution is -2.59. The van der Waals surface area contributed by atoms with E-state index in [4.69, 9.17) is 5.73 Å². The smallest absolute Gasteiger partial charge is 0.282 e. The molecule has 35 heavy (non-hydrogen) atoms. The first-order chi connectivity index (χ1) is 16.7. The number of halogens is 3. The van der Waals surface area contributed by atoms with Gasteiger partial charge in [-0.1, -0.05) is 13.3 Å². The molecule has 4 heterocycles. The zero-order valence-corrected chi connectivity index (χ0v) is 18.8. The molecule has 0 spiro atoms. The molecule has 1 unspecified atom stereocenters. The van der Waals surface area contributed by atoms with E-state index in [0.717, 1.165) is 23.3 Å². The SMILES string of the molecule is CCCC(CCNc1cnncc1NC(=O)c1c(N)nn2cc(F)cnc12)C(=O)N1CC(F)(F)C1. The minimum atomic E-state index is -2.81. The summed E-state index contributed by atoms with van der Waals surface area (Å²) in [7, 11) is 0. The van der Waals surface area contributed by atoms with E-state index in [1.165, 1.54) is 17.3 Å². The van der Waals surface area contributed by atoms with Crippen LogP contribution in [0.1, 0.15) is 36.5 Å². The summed E-state index contributed by atoms with van der Waals surface area (Å²) < 4.78 is 40.8. The Bertz CT molecular complexity index is 1240. The van der Waals surface area contributed by atoms with E-state index in [2.05, 4.69) is 30.9 Å². The molecule has 1 saturated heterocycles. The van der Waals surface area contributed by atoms with Crippen LogP contribution in [-0.4, -0.2) is 67.1 Å².